The number of carbonyl (C=O) groups excluding carboxylic acids is 5. The van der Waals surface area contributed by atoms with E-state index in [1.54, 1.807) is 41.0 Å². The minimum absolute atomic E-state index is 0.101. The molecule has 1 aliphatic heterocycles. The second-order valence-electron chi connectivity index (χ2n) is 19.1. The Morgan fingerprint density at radius 3 is 1.91 bits per heavy atom. The molecule has 1 amide bonds. The molecule has 1 aromatic carbocycles. The Hall–Kier alpha value is -5.38. The van der Waals surface area contributed by atoms with Crippen molar-refractivity contribution in [3.8, 4) is 0 Å². The predicted octanol–water partition coefficient (Wildman–Crippen LogP) is 6.96. The monoisotopic (exact) mass is 906 g/mol. The van der Waals surface area contributed by atoms with Gasteiger partial charge in [-0.1, -0.05) is 78.5 Å². The molecular weight excluding hydrogens is 833 g/mol. The molecule has 65 heavy (non-hydrogen) atoms. The number of aromatic nitrogens is 4. The van der Waals surface area contributed by atoms with Crippen molar-refractivity contribution in [1.82, 2.24) is 19.9 Å². The van der Waals surface area contributed by atoms with Gasteiger partial charge in [-0.2, -0.15) is 4.57 Å². The number of nitrogens with one attached hydrogen (secondary N) is 1. The van der Waals surface area contributed by atoms with Crippen LogP contribution in [-0.4, -0.2) is 101 Å². The van der Waals surface area contributed by atoms with Crippen LogP contribution in [0.15, 0.2) is 48.9 Å². The molecule has 4 rings (SSSR count). The molecule has 358 valence electrons. The zero-order valence-corrected chi connectivity index (χ0v) is 40.5. The van der Waals surface area contributed by atoms with E-state index >= 15 is 0 Å². The van der Waals surface area contributed by atoms with Crippen LogP contribution in [0.1, 0.15) is 154 Å². The molecule has 5 atom stereocenters. The molecule has 16 nitrogen and oxygen atoms in total. The van der Waals surface area contributed by atoms with Crippen molar-refractivity contribution in [3.05, 3.63) is 71.3 Å². The molecule has 1 aliphatic rings. The standard InChI is InChI=1S/C49H73N6O10/c1-33(56)61-32-42-43(62-34(2)57)44(63-35(3)58)45(64-36(4)59)47(65-42)54-26-21-37(22-27-54)46(60)53(11)24-18-14-15-19-25-55-31-40(51-52-55)20-16-12-13-17-23-50-41-29-38(48(5,6)7)28-39(30-41)49(8,9)10/h21-22,26-31,42-45,47,50H,12-20,23-25,32H2,1-11H3/q+1/t42-,43-,44+,45+,47+/m1/s1. The van der Waals surface area contributed by atoms with Crippen LogP contribution >= 0.6 is 0 Å². The van der Waals surface area contributed by atoms with Gasteiger partial charge in [0.2, 0.25) is 6.10 Å². The van der Waals surface area contributed by atoms with Gasteiger partial charge in [-0.15, -0.1) is 5.10 Å². The quantitative estimate of drug-likeness (QED) is 0.0473. The molecule has 16 heteroatoms. The summed E-state index contributed by atoms with van der Waals surface area (Å²) in [5.41, 5.74) is 5.58. The number of pyridine rings is 1. The molecular formula is C49H73N6O10+. The summed E-state index contributed by atoms with van der Waals surface area (Å²) in [6, 6.07) is 10.2. The Labute approximate surface area is 385 Å². The van der Waals surface area contributed by atoms with Gasteiger partial charge >= 0.3 is 30.1 Å². The lowest BCUT2D eigenvalue weighted by atomic mass is 9.80. The number of unbranched alkanes of at least 4 members (excludes halogenated alkanes) is 6. The number of benzene rings is 1. The van der Waals surface area contributed by atoms with E-state index in [-0.39, 0.29) is 23.3 Å². The third-order valence-corrected chi connectivity index (χ3v) is 11.3. The molecule has 0 bridgehead atoms. The number of anilines is 1. The molecule has 0 unspecified atom stereocenters. The van der Waals surface area contributed by atoms with Crippen LogP contribution in [0.3, 0.4) is 0 Å². The SMILES string of the molecule is CC(=O)OC[C@H]1O[C@H]([n+]2ccc(C(=O)N(C)CCCCCCn3cc(CCCCCCNc4cc(C(C)(C)C)cc(C(C)(C)C)c4)nn3)cc2)[C@@H](OC(C)=O)[C@@H](OC(C)=O)[C@@H]1OC(C)=O. The first-order valence-corrected chi connectivity index (χ1v) is 23.0. The van der Waals surface area contributed by atoms with E-state index in [2.05, 4.69) is 81.6 Å². The Morgan fingerprint density at radius 1 is 0.738 bits per heavy atom. The average molecular weight is 906 g/mol. The van der Waals surface area contributed by atoms with E-state index in [1.165, 1.54) is 30.7 Å². The highest BCUT2D eigenvalue weighted by Crippen LogP contribution is 2.33. The van der Waals surface area contributed by atoms with Crippen LogP contribution in [0, 0.1) is 0 Å². The Balaban J connectivity index is 1.18. The van der Waals surface area contributed by atoms with Crippen molar-refractivity contribution in [2.45, 2.75) is 175 Å². The molecule has 1 fully saturated rings. The van der Waals surface area contributed by atoms with Gasteiger partial charge < -0.3 is 33.9 Å². The van der Waals surface area contributed by atoms with Crippen molar-refractivity contribution in [2.24, 2.45) is 0 Å². The van der Waals surface area contributed by atoms with Gasteiger partial charge in [0.1, 0.15) is 12.7 Å². The number of hydrogen-bond acceptors (Lipinski definition) is 13. The first-order valence-electron chi connectivity index (χ1n) is 23.0. The van der Waals surface area contributed by atoms with Gasteiger partial charge in [-0.05, 0) is 66.2 Å². The van der Waals surface area contributed by atoms with Crippen molar-refractivity contribution in [3.63, 3.8) is 0 Å². The van der Waals surface area contributed by atoms with Crippen LogP contribution in [0.2, 0.25) is 0 Å². The topological polar surface area (TPSA) is 181 Å². The number of hydrogen-bond donors (Lipinski definition) is 1. The maximum atomic E-state index is 13.4. The fourth-order valence-electron chi connectivity index (χ4n) is 7.67. The summed E-state index contributed by atoms with van der Waals surface area (Å²) in [5.74, 6) is -2.92. The van der Waals surface area contributed by atoms with E-state index in [0.29, 0.717) is 12.1 Å². The van der Waals surface area contributed by atoms with Gasteiger partial charge in [0.25, 0.3) is 5.91 Å². The van der Waals surface area contributed by atoms with Gasteiger partial charge in [-0.25, -0.2) is 0 Å². The molecule has 3 aromatic rings. The van der Waals surface area contributed by atoms with Gasteiger partial charge in [0.05, 0.1) is 11.3 Å². The van der Waals surface area contributed by atoms with Crippen LogP contribution in [0.25, 0.3) is 0 Å². The zero-order chi connectivity index (χ0) is 47.9. The Morgan fingerprint density at radius 2 is 1.31 bits per heavy atom. The van der Waals surface area contributed by atoms with Crippen LogP contribution in [0.4, 0.5) is 5.69 Å². The molecule has 0 saturated carbocycles. The van der Waals surface area contributed by atoms with Crippen molar-refractivity contribution in [1.29, 1.82) is 0 Å². The predicted molar refractivity (Wildman–Crippen MR) is 244 cm³/mol. The number of amides is 1. The van der Waals surface area contributed by atoms with Gasteiger partial charge in [0.15, 0.2) is 24.6 Å². The number of rotatable bonds is 22. The first kappa shape index (κ1) is 52.2. The summed E-state index contributed by atoms with van der Waals surface area (Å²) >= 11 is 0. The number of nitrogens with zero attached hydrogens (tertiary/aromatic N) is 5. The van der Waals surface area contributed by atoms with Crippen molar-refractivity contribution >= 4 is 35.5 Å². The normalized spacial score (nSPS) is 18.7. The lowest BCUT2D eigenvalue weighted by molar-refractivity contribution is -0.777. The van der Waals surface area contributed by atoms with E-state index in [9.17, 15) is 24.0 Å². The Bertz CT molecular complexity index is 2010. The minimum Gasteiger partial charge on any atom is -0.463 e. The maximum Gasteiger partial charge on any atom is 0.304 e. The highest BCUT2D eigenvalue weighted by atomic mass is 16.7. The fourth-order valence-corrected chi connectivity index (χ4v) is 7.67. The number of ether oxygens (including phenoxy) is 5. The van der Waals surface area contributed by atoms with Crippen LogP contribution in [-0.2, 0) is 66.7 Å². The highest BCUT2D eigenvalue weighted by Gasteiger charge is 2.56. The van der Waals surface area contributed by atoms with Crippen molar-refractivity contribution in [2.75, 3.05) is 32.1 Å². The summed E-state index contributed by atoms with van der Waals surface area (Å²) in [6.07, 6.45) is 8.34. The van der Waals surface area contributed by atoms with E-state index in [1.807, 2.05) is 4.68 Å². The molecule has 3 heterocycles. The smallest absolute Gasteiger partial charge is 0.304 e. The highest BCUT2D eigenvalue weighted by molar-refractivity contribution is 5.93. The number of carbonyl (C=O) groups is 5. The summed E-state index contributed by atoms with van der Waals surface area (Å²) in [5, 5.41) is 12.4. The minimum atomic E-state index is -1.31. The summed E-state index contributed by atoms with van der Waals surface area (Å²) in [6.45, 7) is 20.3. The van der Waals surface area contributed by atoms with Gasteiger partial charge in [-0.3, -0.25) is 28.7 Å². The third-order valence-electron chi connectivity index (χ3n) is 11.3. The molecule has 0 aliphatic carbocycles. The second kappa shape index (κ2) is 24.2. The van der Waals surface area contributed by atoms with E-state index in [4.69, 9.17) is 23.7 Å². The summed E-state index contributed by atoms with van der Waals surface area (Å²) in [4.78, 5) is 63.2. The lowest BCUT2D eigenvalue weighted by Crippen LogP contribution is -2.65. The first-order chi connectivity index (χ1) is 30.6. The number of esters is 4. The molecule has 0 radical (unpaired) electrons. The fraction of sp³-hybridized carbons (Fsp3) is 0.633. The van der Waals surface area contributed by atoms with Crippen molar-refractivity contribution < 1.29 is 52.2 Å². The number of aryl methyl sites for hydroxylation is 2. The zero-order valence-electron chi connectivity index (χ0n) is 40.5. The average Bonchev–Trinajstić information content (AvgIpc) is 3.68. The molecule has 1 N–H and O–H groups in total. The summed E-state index contributed by atoms with van der Waals surface area (Å²) < 4.78 is 31.4. The molecule has 0 spiro atoms. The summed E-state index contributed by atoms with van der Waals surface area (Å²) in [7, 11) is 1.76. The van der Waals surface area contributed by atoms with Gasteiger partial charge in [0, 0.05) is 78.4 Å². The van der Waals surface area contributed by atoms with E-state index < -0.39 is 54.5 Å². The van der Waals surface area contributed by atoms with E-state index in [0.717, 1.165) is 90.4 Å². The maximum absolute atomic E-state index is 13.4. The van der Waals surface area contributed by atoms with Crippen LogP contribution < -0.4 is 9.88 Å². The molecule has 1 saturated heterocycles. The Kier molecular flexibility index (Phi) is 19.5. The van der Waals surface area contributed by atoms with Crippen LogP contribution in [0.5, 0.6) is 0 Å². The molecule has 2 aromatic heterocycles. The largest absolute Gasteiger partial charge is 0.463 e. The lowest BCUT2D eigenvalue weighted by Gasteiger charge is -2.41. The second-order valence-corrected chi connectivity index (χ2v) is 19.1. The third kappa shape index (κ3) is 16.8.